The zero-order valence-corrected chi connectivity index (χ0v) is 34.4. The Hall–Kier alpha value is -2.35. The maximum absolute atomic E-state index is 13.0. The Bertz CT molecular complexity index is 1220. The Morgan fingerprint density at radius 3 is 1.11 bits per heavy atom. The lowest BCUT2D eigenvalue weighted by Crippen LogP contribution is -2.43. The molecule has 0 spiro atoms. The number of benzene rings is 2. The van der Waals surface area contributed by atoms with E-state index in [0.29, 0.717) is 24.8 Å². The van der Waals surface area contributed by atoms with Crippen LogP contribution in [0.4, 0.5) is 0 Å². The standard InChI is InChI=1S/C42H70O15/c1-4-39(22-43,23-44)28-50-14-17-53-31-42(32-54-18-15-51-29-40(5-2,24-45)25-46,33-55-19-16-52-30-41(6-3,26-47)27-48)34-56-20-21-57-38(49)37-13-9-11-35-10-7-8-12-36(35)37/h7-13,43-48H,4-6,14-34H2,1-3H3. The van der Waals surface area contributed by atoms with Crippen molar-refractivity contribution in [3.8, 4) is 0 Å². The second-order valence-corrected chi connectivity index (χ2v) is 15.0. The molecule has 6 N–H and O–H groups in total. The fourth-order valence-corrected chi connectivity index (χ4v) is 5.70. The predicted octanol–water partition coefficient (Wildman–Crippen LogP) is 2.24. The van der Waals surface area contributed by atoms with E-state index in [0.717, 1.165) is 10.8 Å². The van der Waals surface area contributed by atoms with E-state index in [1.54, 1.807) is 6.07 Å². The number of ether oxygens (including phenoxy) is 8. The van der Waals surface area contributed by atoms with Crippen molar-refractivity contribution in [1.29, 1.82) is 0 Å². The first-order chi connectivity index (χ1) is 27.6. The smallest absolute Gasteiger partial charge is 0.338 e. The molecule has 328 valence electrons. The topological polar surface area (TPSA) is 212 Å². The third-order valence-corrected chi connectivity index (χ3v) is 10.7. The highest BCUT2D eigenvalue weighted by Crippen LogP contribution is 2.25. The molecule has 0 amide bonds. The molecular weight excluding hydrogens is 744 g/mol. The number of carbonyl (C=O) groups is 1. The highest BCUT2D eigenvalue weighted by molar-refractivity contribution is 6.04. The lowest BCUT2D eigenvalue weighted by atomic mass is 9.88. The van der Waals surface area contributed by atoms with Crippen LogP contribution in [-0.2, 0) is 37.9 Å². The minimum Gasteiger partial charge on any atom is -0.460 e. The van der Waals surface area contributed by atoms with Crippen LogP contribution in [0.15, 0.2) is 42.5 Å². The summed E-state index contributed by atoms with van der Waals surface area (Å²) in [6.07, 6.45) is 1.62. The lowest BCUT2D eigenvalue weighted by molar-refractivity contribution is -0.126. The predicted molar refractivity (Wildman–Crippen MR) is 213 cm³/mol. The largest absolute Gasteiger partial charge is 0.460 e. The maximum Gasteiger partial charge on any atom is 0.338 e. The molecule has 0 radical (unpaired) electrons. The molecular formula is C42H70O15. The number of rotatable bonds is 36. The molecule has 0 aliphatic carbocycles. The van der Waals surface area contributed by atoms with Gasteiger partial charge in [-0.25, -0.2) is 4.79 Å². The molecule has 0 fully saturated rings. The van der Waals surface area contributed by atoms with E-state index in [1.165, 1.54) is 0 Å². The number of esters is 1. The average molecular weight is 815 g/mol. The summed E-state index contributed by atoms with van der Waals surface area (Å²) in [5, 5.41) is 60.3. The normalized spacial score (nSPS) is 12.8. The molecule has 0 aliphatic heterocycles. The summed E-state index contributed by atoms with van der Waals surface area (Å²) in [6, 6.07) is 13.0. The van der Waals surface area contributed by atoms with Crippen molar-refractivity contribution in [3.05, 3.63) is 48.0 Å². The number of fused-ring (bicyclic) bond motifs is 1. The first-order valence-electron chi connectivity index (χ1n) is 20.0. The Kier molecular flexibility index (Phi) is 25.1. The van der Waals surface area contributed by atoms with Crippen molar-refractivity contribution in [1.82, 2.24) is 0 Å². The molecule has 0 heterocycles. The molecule has 0 unspecified atom stereocenters. The Labute approximate surface area is 338 Å². The molecule has 0 aliphatic rings. The van der Waals surface area contributed by atoms with Crippen molar-refractivity contribution < 1.29 is 73.3 Å². The second kappa shape index (κ2) is 28.2. The molecule has 0 bridgehead atoms. The second-order valence-electron chi connectivity index (χ2n) is 15.0. The minimum atomic E-state index is -0.865. The van der Waals surface area contributed by atoms with Crippen LogP contribution >= 0.6 is 0 Å². The Morgan fingerprint density at radius 2 is 0.754 bits per heavy atom. The summed E-state index contributed by atoms with van der Waals surface area (Å²) in [7, 11) is 0. The SMILES string of the molecule is CCC(CO)(CO)COCCOCC(COCCOCC(CC)(CO)CO)(COCCOCC(CC)(CO)CO)COCCOC(=O)c1cccc2ccccc12. The highest BCUT2D eigenvalue weighted by Gasteiger charge is 2.34. The molecule has 0 saturated carbocycles. The number of carbonyl (C=O) groups excluding carboxylic acids is 1. The minimum absolute atomic E-state index is 0.00506. The van der Waals surface area contributed by atoms with Gasteiger partial charge in [-0.3, -0.25) is 0 Å². The van der Waals surface area contributed by atoms with Crippen molar-refractivity contribution in [2.75, 3.05) is 139 Å². The zero-order valence-electron chi connectivity index (χ0n) is 34.4. The highest BCUT2D eigenvalue weighted by atomic mass is 16.6. The number of aliphatic hydroxyl groups excluding tert-OH is 6. The molecule has 0 aromatic heterocycles. The summed E-state index contributed by atoms with van der Waals surface area (Å²) in [6.45, 7) is 6.57. The van der Waals surface area contributed by atoms with E-state index in [-0.39, 0.29) is 139 Å². The van der Waals surface area contributed by atoms with Gasteiger partial charge >= 0.3 is 5.97 Å². The van der Waals surface area contributed by atoms with Crippen molar-refractivity contribution in [2.45, 2.75) is 40.0 Å². The first-order valence-corrected chi connectivity index (χ1v) is 20.0. The summed E-state index contributed by atoms with van der Waals surface area (Å²) in [5.74, 6) is -0.463. The van der Waals surface area contributed by atoms with Crippen LogP contribution in [0.5, 0.6) is 0 Å². The van der Waals surface area contributed by atoms with Crippen LogP contribution < -0.4 is 0 Å². The van der Waals surface area contributed by atoms with E-state index in [4.69, 9.17) is 37.9 Å². The molecule has 2 rings (SSSR count). The summed E-state index contributed by atoms with van der Waals surface area (Å²) < 4.78 is 47.2. The third-order valence-electron chi connectivity index (χ3n) is 10.7. The summed E-state index contributed by atoms with van der Waals surface area (Å²) in [5.41, 5.74) is -2.62. The van der Waals surface area contributed by atoms with Gasteiger partial charge in [0.05, 0.1) is 143 Å². The Morgan fingerprint density at radius 1 is 0.439 bits per heavy atom. The van der Waals surface area contributed by atoms with Gasteiger partial charge in [-0.2, -0.15) is 0 Å². The molecule has 15 heteroatoms. The lowest BCUT2D eigenvalue weighted by Gasteiger charge is -2.33. The monoisotopic (exact) mass is 814 g/mol. The van der Waals surface area contributed by atoms with Crippen LogP contribution in [0, 0.1) is 21.7 Å². The average Bonchev–Trinajstić information content (AvgIpc) is 3.26. The van der Waals surface area contributed by atoms with Crippen LogP contribution in [0.2, 0.25) is 0 Å². The zero-order chi connectivity index (χ0) is 41.9. The van der Waals surface area contributed by atoms with Crippen LogP contribution in [-0.4, -0.2) is 175 Å². The molecule has 2 aromatic carbocycles. The van der Waals surface area contributed by atoms with Gasteiger partial charge in [-0.1, -0.05) is 57.2 Å². The van der Waals surface area contributed by atoms with Gasteiger partial charge in [0.2, 0.25) is 0 Å². The van der Waals surface area contributed by atoms with E-state index in [1.807, 2.05) is 57.2 Å². The molecule has 2 aromatic rings. The van der Waals surface area contributed by atoms with Gasteiger partial charge in [0.1, 0.15) is 6.61 Å². The molecule has 57 heavy (non-hydrogen) atoms. The molecule has 0 saturated heterocycles. The third kappa shape index (κ3) is 17.0. The fraction of sp³-hybridized carbons (Fsp3) is 0.738. The quantitative estimate of drug-likeness (QED) is 0.0430. The van der Waals surface area contributed by atoms with Crippen LogP contribution in [0.1, 0.15) is 50.4 Å². The van der Waals surface area contributed by atoms with Gasteiger partial charge in [-0.15, -0.1) is 0 Å². The fourth-order valence-electron chi connectivity index (χ4n) is 5.70. The van der Waals surface area contributed by atoms with Gasteiger partial charge < -0.3 is 68.5 Å². The summed E-state index contributed by atoms with van der Waals surface area (Å²) in [4.78, 5) is 13.0. The van der Waals surface area contributed by atoms with Gasteiger partial charge in [0.25, 0.3) is 0 Å². The van der Waals surface area contributed by atoms with E-state index >= 15 is 0 Å². The number of hydrogen-bond acceptors (Lipinski definition) is 15. The number of hydrogen-bond donors (Lipinski definition) is 6. The van der Waals surface area contributed by atoms with Gasteiger partial charge in [0, 0.05) is 16.2 Å². The van der Waals surface area contributed by atoms with E-state index in [2.05, 4.69) is 0 Å². The maximum atomic E-state index is 13.0. The van der Waals surface area contributed by atoms with E-state index in [9.17, 15) is 35.4 Å². The first kappa shape index (κ1) is 50.8. The van der Waals surface area contributed by atoms with Crippen LogP contribution in [0.25, 0.3) is 10.8 Å². The summed E-state index contributed by atoms with van der Waals surface area (Å²) >= 11 is 0. The van der Waals surface area contributed by atoms with E-state index < -0.39 is 27.6 Å². The van der Waals surface area contributed by atoms with Crippen molar-refractivity contribution in [3.63, 3.8) is 0 Å². The molecule has 15 nitrogen and oxygen atoms in total. The van der Waals surface area contributed by atoms with Crippen molar-refractivity contribution in [2.24, 2.45) is 21.7 Å². The van der Waals surface area contributed by atoms with Gasteiger partial charge in [0.15, 0.2) is 0 Å². The molecule has 0 atom stereocenters. The number of aliphatic hydroxyl groups is 6. The van der Waals surface area contributed by atoms with Crippen LogP contribution in [0.3, 0.4) is 0 Å². The van der Waals surface area contributed by atoms with Crippen molar-refractivity contribution >= 4 is 16.7 Å². The van der Waals surface area contributed by atoms with Gasteiger partial charge in [-0.05, 0) is 36.1 Å². The Balaban J connectivity index is 2.11.